The van der Waals surface area contributed by atoms with Crippen LogP contribution in [-0.4, -0.2) is 49.3 Å². The van der Waals surface area contributed by atoms with Crippen LogP contribution in [0, 0.1) is 0 Å². The summed E-state index contributed by atoms with van der Waals surface area (Å²) in [4.78, 5) is 34.7. The number of phosphoric acid groups is 1. The van der Waals surface area contributed by atoms with Gasteiger partial charge in [0.1, 0.15) is 6.61 Å². The van der Waals surface area contributed by atoms with Crippen molar-refractivity contribution in [2.75, 3.05) is 26.4 Å². The van der Waals surface area contributed by atoms with Crippen LogP contribution in [0.5, 0.6) is 0 Å². The fourth-order valence-corrected chi connectivity index (χ4v) is 5.58. The number of ether oxygens (including phenoxy) is 2. The molecule has 0 aliphatic heterocycles. The fraction of sp³-hybridized carbons (Fsp3) is 0.628. The zero-order valence-corrected chi connectivity index (χ0v) is 33.9. The first kappa shape index (κ1) is 50.2. The number of phosphoric ester groups is 1. The average molecular weight is 762 g/mol. The molecule has 0 aliphatic rings. The minimum atomic E-state index is -4.40. The molecule has 0 aromatic rings. The Bertz CT molecular complexity index is 1140. The maximum atomic E-state index is 12.5. The third-order valence-corrected chi connectivity index (χ3v) is 8.75. The molecule has 0 amide bonds. The molecule has 0 aliphatic carbocycles. The van der Waals surface area contributed by atoms with Crippen LogP contribution in [0.3, 0.4) is 0 Å². The molecule has 0 bridgehead atoms. The second-order valence-corrected chi connectivity index (χ2v) is 14.2. The first-order chi connectivity index (χ1) is 25.8. The van der Waals surface area contributed by atoms with E-state index in [0.717, 1.165) is 64.2 Å². The highest BCUT2D eigenvalue weighted by atomic mass is 31.2. The molecule has 10 heteroatoms. The highest BCUT2D eigenvalue weighted by Gasteiger charge is 2.25. The van der Waals surface area contributed by atoms with Crippen LogP contribution in [0.1, 0.15) is 142 Å². The van der Waals surface area contributed by atoms with Gasteiger partial charge in [0.25, 0.3) is 0 Å². The van der Waals surface area contributed by atoms with E-state index in [4.69, 9.17) is 24.3 Å². The summed E-state index contributed by atoms with van der Waals surface area (Å²) < 4.78 is 32.6. The first-order valence-corrected chi connectivity index (χ1v) is 21.6. The summed E-state index contributed by atoms with van der Waals surface area (Å²) in [5.41, 5.74) is 5.33. The van der Waals surface area contributed by atoms with Gasteiger partial charge in [-0.3, -0.25) is 18.6 Å². The molecule has 0 rings (SSSR count). The fourth-order valence-electron chi connectivity index (χ4n) is 4.82. The number of allylic oxidation sites excluding steroid dienone is 14. The Kier molecular flexibility index (Phi) is 36.8. The van der Waals surface area contributed by atoms with E-state index >= 15 is 0 Å². The van der Waals surface area contributed by atoms with E-state index in [1.54, 1.807) is 0 Å². The van der Waals surface area contributed by atoms with Crippen LogP contribution < -0.4 is 5.73 Å². The second-order valence-electron chi connectivity index (χ2n) is 12.8. The first-order valence-electron chi connectivity index (χ1n) is 20.1. The zero-order valence-electron chi connectivity index (χ0n) is 33.0. The third-order valence-electron chi connectivity index (χ3n) is 7.77. The summed E-state index contributed by atoms with van der Waals surface area (Å²) >= 11 is 0. The number of hydrogen-bond acceptors (Lipinski definition) is 8. The lowest BCUT2D eigenvalue weighted by molar-refractivity contribution is -0.161. The van der Waals surface area contributed by atoms with Gasteiger partial charge in [-0.05, 0) is 83.5 Å². The van der Waals surface area contributed by atoms with Crippen LogP contribution >= 0.6 is 7.82 Å². The summed E-state index contributed by atoms with van der Waals surface area (Å²) in [6.45, 7) is 3.47. The minimum absolute atomic E-state index is 0.0355. The lowest BCUT2D eigenvalue weighted by Gasteiger charge is -2.19. The number of carbonyl (C=O) groups excluding carboxylic acids is 2. The molecule has 0 fully saturated rings. The van der Waals surface area contributed by atoms with Crippen molar-refractivity contribution < 1.29 is 37.6 Å². The predicted octanol–water partition coefficient (Wildman–Crippen LogP) is 11.3. The molecule has 2 atom stereocenters. The molecular formula is C43H72NO8P. The highest BCUT2D eigenvalue weighted by Crippen LogP contribution is 2.43. The normalized spacial score (nSPS) is 14.3. The van der Waals surface area contributed by atoms with E-state index in [0.29, 0.717) is 12.8 Å². The van der Waals surface area contributed by atoms with Crippen molar-refractivity contribution in [3.8, 4) is 0 Å². The number of rotatable bonds is 36. The molecule has 9 nitrogen and oxygen atoms in total. The number of esters is 2. The van der Waals surface area contributed by atoms with E-state index in [2.05, 4.69) is 92.8 Å². The Balaban J connectivity index is 4.37. The van der Waals surface area contributed by atoms with Crippen molar-refractivity contribution >= 4 is 19.8 Å². The van der Waals surface area contributed by atoms with Crippen LogP contribution in [0.15, 0.2) is 85.1 Å². The van der Waals surface area contributed by atoms with E-state index in [9.17, 15) is 19.0 Å². The summed E-state index contributed by atoms with van der Waals surface area (Å²) in [5, 5.41) is 0. The molecule has 0 saturated heterocycles. The molecular weight excluding hydrogens is 689 g/mol. The van der Waals surface area contributed by atoms with Gasteiger partial charge >= 0.3 is 19.8 Å². The van der Waals surface area contributed by atoms with Gasteiger partial charge in [0.15, 0.2) is 6.10 Å². The maximum Gasteiger partial charge on any atom is 0.472 e. The summed E-state index contributed by atoms with van der Waals surface area (Å²) in [5.74, 6) is -0.949. The smallest absolute Gasteiger partial charge is 0.462 e. The Morgan fingerprint density at radius 3 is 1.60 bits per heavy atom. The molecule has 53 heavy (non-hydrogen) atoms. The Hall–Kier alpha value is -2.81. The van der Waals surface area contributed by atoms with Crippen molar-refractivity contribution in [1.29, 1.82) is 0 Å². The summed E-state index contributed by atoms with van der Waals surface area (Å²) in [6, 6.07) is 0. The predicted molar refractivity (Wildman–Crippen MR) is 219 cm³/mol. The van der Waals surface area contributed by atoms with E-state index < -0.39 is 32.5 Å². The lowest BCUT2D eigenvalue weighted by atomic mass is 10.1. The number of nitrogens with two attached hydrogens (primary N) is 1. The zero-order chi connectivity index (χ0) is 38.9. The average Bonchev–Trinajstić information content (AvgIpc) is 3.14. The lowest BCUT2D eigenvalue weighted by Crippen LogP contribution is -2.29. The molecule has 0 aromatic carbocycles. The number of unbranched alkanes of at least 4 members (excludes halogenated alkanes) is 9. The van der Waals surface area contributed by atoms with Gasteiger partial charge in [0.2, 0.25) is 0 Å². The van der Waals surface area contributed by atoms with Gasteiger partial charge in [0.05, 0.1) is 13.2 Å². The third kappa shape index (κ3) is 38.7. The van der Waals surface area contributed by atoms with Gasteiger partial charge < -0.3 is 20.1 Å². The number of carbonyl (C=O) groups is 2. The Morgan fingerprint density at radius 2 is 1.06 bits per heavy atom. The largest absolute Gasteiger partial charge is 0.472 e. The summed E-state index contributed by atoms with van der Waals surface area (Å²) in [6.07, 6.45) is 47.7. The second kappa shape index (κ2) is 38.9. The van der Waals surface area contributed by atoms with Gasteiger partial charge in [-0.2, -0.15) is 0 Å². The number of hydrogen-bond donors (Lipinski definition) is 2. The molecule has 0 saturated carbocycles. The van der Waals surface area contributed by atoms with Crippen LogP contribution in [0.4, 0.5) is 0 Å². The molecule has 302 valence electrons. The van der Waals surface area contributed by atoms with Gasteiger partial charge in [-0.15, -0.1) is 0 Å². The van der Waals surface area contributed by atoms with Gasteiger partial charge in [-0.1, -0.05) is 131 Å². The molecule has 1 unspecified atom stereocenters. The van der Waals surface area contributed by atoms with E-state index in [1.807, 2.05) is 6.08 Å². The molecule has 3 N–H and O–H groups in total. The van der Waals surface area contributed by atoms with Crippen LogP contribution in [0.2, 0.25) is 0 Å². The standard InChI is InChI=1S/C43H72NO8P/c1-3-5-7-9-11-13-15-17-19-20-22-23-25-27-29-31-33-35-42(45)49-39-41(40-51-53(47,48)50-38-37-44)52-43(46)36-34-32-30-28-26-24-21-18-16-14-12-10-8-6-4-2/h6,8,12,14,17-19,21-23,26-29,41H,3-5,7,9-11,13,15-16,20,24-25,30-40,44H2,1-2H3,(H,47,48)/t41-/m1/s1. The van der Waals surface area contributed by atoms with Crippen molar-refractivity contribution in [3.63, 3.8) is 0 Å². The SMILES string of the molecule is CCC=CCC=CCC=CCC=CCCCCC(=O)O[C@H](COC(=O)CCCC=CCC=CCC=CCCCCCCCC)COP(=O)(O)OCCN. The Morgan fingerprint density at radius 1 is 0.585 bits per heavy atom. The molecule has 0 spiro atoms. The monoisotopic (exact) mass is 761 g/mol. The molecule has 0 radical (unpaired) electrons. The minimum Gasteiger partial charge on any atom is -0.462 e. The van der Waals surface area contributed by atoms with Crippen molar-refractivity contribution in [2.45, 2.75) is 148 Å². The van der Waals surface area contributed by atoms with Crippen molar-refractivity contribution in [1.82, 2.24) is 0 Å². The van der Waals surface area contributed by atoms with Gasteiger partial charge in [0, 0.05) is 19.4 Å². The van der Waals surface area contributed by atoms with Gasteiger partial charge in [-0.25, -0.2) is 4.57 Å². The van der Waals surface area contributed by atoms with E-state index in [-0.39, 0.29) is 32.6 Å². The Labute approximate surface area is 322 Å². The van der Waals surface area contributed by atoms with Crippen molar-refractivity contribution in [3.05, 3.63) is 85.1 Å². The topological polar surface area (TPSA) is 134 Å². The maximum absolute atomic E-state index is 12.5. The quantitative estimate of drug-likeness (QED) is 0.0277. The van der Waals surface area contributed by atoms with Crippen molar-refractivity contribution in [2.24, 2.45) is 5.73 Å². The van der Waals surface area contributed by atoms with Crippen LogP contribution in [0.25, 0.3) is 0 Å². The molecule has 0 aromatic heterocycles. The van der Waals surface area contributed by atoms with E-state index in [1.165, 1.54) is 38.5 Å². The summed E-state index contributed by atoms with van der Waals surface area (Å²) in [7, 11) is -4.40. The van der Waals surface area contributed by atoms with Crippen LogP contribution in [-0.2, 0) is 32.7 Å². The highest BCUT2D eigenvalue weighted by molar-refractivity contribution is 7.47. The molecule has 0 heterocycles.